The van der Waals surface area contributed by atoms with Gasteiger partial charge in [0.05, 0.1) is 0 Å². The minimum Gasteiger partial charge on any atom is -0.144 e. The Kier molecular flexibility index (Phi) is 3.14. The Labute approximate surface area is 80.8 Å². The van der Waals surface area contributed by atoms with Crippen LogP contribution in [0.1, 0.15) is 33.5 Å². The minimum atomic E-state index is 0.557. The zero-order valence-electron chi connectivity index (χ0n) is 7.15. The van der Waals surface area contributed by atoms with E-state index in [1.54, 1.807) is 0 Å². The number of hydrogen-bond acceptors (Lipinski definition) is 1. The summed E-state index contributed by atoms with van der Waals surface area (Å²) < 4.78 is 0. The topological polar surface area (TPSA) is 0 Å². The van der Waals surface area contributed by atoms with Crippen molar-refractivity contribution in [3.8, 4) is 0 Å². The SMILES string of the molecule is CCC(Br)c1sc(C)cc1C. The van der Waals surface area contributed by atoms with E-state index in [0.29, 0.717) is 4.83 Å². The smallest absolute Gasteiger partial charge is 0.0489 e. The molecule has 0 nitrogen and oxygen atoms in total. The van der Waals surface area contributed by atoms with Crippen molar-refractivity contribution in [2.24, 2.45) is 0 Å². The molecule has 0 aliphatic carbocycles. The van der Waals surface area contributed by atoms with Gasteiger partial charge in [-0.05, 0) is 31.9 Å². The molecule has 0 saturated heterocycles. The molecule has 1 atom stereocenters. The zero-order chi connectivity index (χ0) is 8.43. The Balaban J connectivity index is 2.93. The van der Waals surface area contributed by atoms with Crippen molar-refractivity contribution in [3.05, 3.63) is 21.4 Å². The molecule has 0 fully saturated rings. The van der Waals surface area contributed by atoms with E-state index in [-0.39, 0.29) is 0 Å². The molecule has 0 aromatic carbocycles. The van der Waals surface area contributed by atoms with Crippen LogP contribution in [-0.4, -0.2) is 0 Å². The molecule has 1 heterocycles. The van der Waals surface area contributed by atoms with Crippen LogP contribution in [0.15, 0.2) is 6.07 Å². The van der Waals surface area contributed by atoms with Gasteiger partial charge >= 0.3 is 0 Å². The summed E-state index contributed by atoms with van der Waals surface area (Å²) in [7, 11) is 0. The first-order valence-corrected chi connectivity index (χ1v) is 5.59. The van der Waals surface area contributed by atoms with Gasteiger partial charge in [0.25, 0.3) is 0 Å². The van der Waals surface area contributed by atoms with Crippen LogP contribution in [0.4, 0.5) is 0 Å². The normalized spacial score (nSPS) is 13.5. The third-order valence-electron chi connectivity index (χ3n) is 1.72. The average molecular weight is 233 g/mol. The molecule has 1 aromatic rings. The highest BCUT2D eigenvalue weighted by Gasteiger charge is 2.10. The molecule has 0 bridgehead atoms. The van der Waals surface area contributed by atoms with Gasteiger partial charge in [0.1, 0.15) is 0 Å². The van der Waals surface area contributed by atoms with Crippen LogP contribution >= 0.6 is 27.3 Å². The summed E-state index contributed by atoms with van der Waals surface area (Å²) in [5, 5.41) is 0. The quantitative estimate of drug-likeness (QED) is 0.671. The fourth-order valence-corrected chi connectivity index (χ4v) is 2.89. The van der Waals surface area contributed by atoms with E-state index < -0.39 is 0 Å². The van der Waals surface area contributed by atoms with Crippen LogP contribution in [-0.2, 0) is 0 Å². The largest absolute Gasteiger partial charge is 0.144 e. The van der Waals surface area contributed by atoms with Crippen LogP contribution in [0.2, 0.25) is 0 Å². The Bertz CT molecular complexity index is 240. The van der Waals surface area contributed by atoms with Gasteiger partial charge in [-0.25, -0.2) is 0 Å². The van der Waals surface area contributed by atoms with Gasteiger partial charge in [-0.1, -0.05) is 22.9 Å². The highest BCUT2D eigenvalue weighted by Crippen LogP contribution is 2.34. The molecule has 62 valence electrons. The van der Waals surface area contributed by atoms with Crippen molar-refractivity contribution in [2.75, 3.05) is 0 Å². The molecule has 0 aliphatic heterocycles. The van der Waals surface area contributed by atoms with Crippen LogP contribution in [0.3, 0.4) is 0 Å². The third-order valence-corrected chi connectivity index (χ3v) is 4.40. The number of aryl methyl sites for hydroxylation is 2. The van der Waals surface area contributed by atoms with Gasteiger partial charge in [-0.2, -0.15) is 0 Å². The molecule has 0 saturated carbocycles. The Morgan fingerprint density at radius 3 is 2.55 bits per heavy atom. The first-order chi connectivity index (χ1) is 5.15. The van der Waals surface area contributed by atoms with E-state index >= 15 is 0 Å². The highest BCUT2D eigenvalue weighted by molar-refractivity contribution is 9.09. The number of thiophene rings is 1. The monoisotopic (exact) mass is 232 g/mol. The zero-order valence-corrected chi connectivity index (χ0v) is 9.55. The first kappa shape index (κ1) is 9.27. The molecular formula is C9H13BrS. The van der Waals surface area contributed by atoms with E-state index in [1.165, 1.54) is 21.7 Å². The number of hydrogen-bond donors (Lipinski definition) is 0. The molecule has 11 heavy (non-hydrogen) atoms. The maximum atomic E-state index is 3.66. The van der Waals surface area contributed by atoms with Gasteiger partial charge in [0.15, 0.2) is 0 Å². The summed E-state index contributed by atoms with van der Waals surface area (Å²) >= 11 is 5.56. The second-order valence-corrected chi connectivity index (χ2v) is 5.17. The van der Waals surface area contributed by atoms with E-state index in [0.717, 1.165) is 0 Å². The lowest BCUT2D eigenvalue weighted by atomic mass is 10.2. The predicted octanol–water partition coefficient (Wildman–Crippen LogP) is 4.21. The van der Waals surface area contributed by atoms with Crippen molar-refractivity contribution < 1.29 is 0 Å². The summed E-state index contributed by atoms with van der Waals surface area (Å²) in [4.78, 5) is 3.46. The third kappa shape index (κ3) is 2.06. The lowest BCUT2D eigenvalue weighted by molar-refractivity contribution is 0.922. The van der Waals surface area contributed by atoms with Crippen molar-refractivity contribution in [1.29, 1.82) is 0 Å². The predicted molar refractivity (Wildman–Crippen MR) is 55.8 cm³/mol. The Hall–Kier alpha value is 0.180. The Morgan fingerprint density at radius 1 is 1.55 bits per heavy atom. The van der Waals surface area contributed by atoms with Gasteiger partial charge in [-0.15, -0.1) is 11.3 Å². The van der Waals surface area contributed by atoms with Gasteiger partial charge in [-0.3, -0.25) is 0 Å². The standard InChI is InChI=1S/C9H13BrS/c1-4-8(10)9-6(2)5-7(3)11-9/h5,8H,4H2,1-3H3. The van der Waals surface area contributed by atoms with E-state index in [1.807, 2.05) is 11.3 Å². The summed E-state index contributed by atoms with van der Waals surface area (Å²) in [5.74, 6) is 0. The molecule has 1 rings (SSSR count). The van der Waals surface area contributed by atoms with Gasteiger partial charge in [0, 0.05) is 14.6 Å². The summed E-state index contributed by atoms with van der Waals surface area (Å²) in [6, 6.07) is 2.25. The summed E-state index contributed by atoms with van der Waals surface area (Å²) in [5.41, 5.74) is 1.43. The van der Waals surface area contributed by atoms with Crippen molar-refractivity contribution in [3.63, 3.8) is 0 Å². The summed E-state index contributed by atoms with van der Waals surface area (Å²) in [6.07, 6.45) is 1.17. The van der Waals surface area contributed by atoms with Crippen LogP contribution in [0, 0.1) is 13.8 Å². The van der Waals surface area contributed by atoms with E-state index in [2.05, 4.69) is 42.8 Å². The second kappa shape index (κ2) is 3.72. The van der Waals surface area contributed by atoms with Crippen molar-refractivity contribution in [1.82, 2.24) is 0 Å². The van der Waals surface area contributed by atoms with E-state index in [4.69, 9.17) is 0 Å². The molecule has 0 aliphatic rings. The lowest BCUT2D eigenvalue weighted by Gasteiger charge is -2.03. The van der Waals surface area contributed by atoms with Crippen molar-refractivity contribution in [2.45, 2.75) is 32.0 Å². The lowest BCUT2D eigenvalue weighted by Crippen LogP contribution is -1.84. The molecule has 0 amide bonds. The minimum absolute atomic E-state index is 0.557. The first-order valence-electron chi connectivity index (χ1n) is 3.86. The second-order valence-electron chi connectivity index (χ2n) is 2.78. The number of alkyl halides is 1. The Morgan fingerprint density at radius 2 is 2.18 bits per heavy atom. The average Bonchev–Trinajstić information content (AvgIpc) is 2.28. The molecule has 0 radical (unpaired) electrons. The molecule has 2 heteroatoms. The maximum Gasteiger partial charge on any atom is 0.0489 e. The molecular weight excluding hydrogens is 220 g/mol. The van der Waals surface area contributed by atoms with E-state index in [9.17, 15) is 0 Å². The highest BCUT2D eigenvalue weighted by atomic mass is 79.9. The maximum absolute atomic E-state index is 3.66. The number of halogens is 1. The molecule has 1 unspecified atom stereocenters. The van der Waals surface area contributed by atoms with Crippen LogP contribution < -0.4 is 0 Å². The van der Waals surface area contributed by atoms with Gasteiger partial charge < -0.3 is 0 Å². The fourth-order valence-electron chi connectivity index (χ4n) is 1.16. The van der Waals surface area contributed by atoms with Crippen molar-refractivity contribution >= 4 is 27.3 Å². The molecule has 0 spiro atoms. The fraction of sp³-hybridized carbons (Fsp3) is 0.556. The summed E-state index contributed by atoms with van der Waals surface area (Å²) in [6.45, 7) is 6.55. The van der Waals surface area contributed by atoms with Crippen LogP contribution in [0.5, 0.6) is 0 Å². The van der Waals surface area contributed by atoms with Gasteiger partial charge in [0.2, 0.25) is 0 Å². The molecule has 1 aromatic heterocycles. The van der Waals surface area contributed by atoms with Crippen LogP contribution in [0.25, 0.3) is 0 Å². The molecule has 0 N–H and O–H groups in total. The number of rotatable bonds is 2.